The predicted octanol–water partition coefficient (Wildman–Crippen LogP) is 3.63. The van der Waals surface area contributed by atoms with Gasteiger partial charge in [0.05, 0.1) is 13.2 Å². The monoisotopic (exact) mass is 267 g/mol. The van der Waals surface area contributed by atoms with Crippen LogP contribution in [0.5, 0.6) is 0 Å². The lowest BCUT2D eigenvalue weighted by atomic mass is 9.95. The first-order valence-electron chi connectivity index (χ1n) is 6.61. The Labute approximate surface area is 115 Å². The normalized spacial score (nSPS) is 15.9. The zero-order valence-electron chi connectivity index (χ0n) is 11.2. The zero-order valence-corrected chi connectivity index (χ0v) is 12.0. The van der Waals surface area contributed by atoms with Gasteiger partial charge in [-0.2, -0.15) is 0 Å². The van der Waals surface area contributed by atoms with Crippen LogP contribution in [-0.4, -0.2) is 19.2 Å². The summed E-state index contributed by atoms with van der Waals surface area (Å²) in [6, 6.07) is 8.60. The standard InChI is InChI=1S/C15H22ClNO/c1-15(2,10-17-14-6-7-14)11-18-9-12-4-3-5-13(16)8-12/h3-5,8,14,17H,6-7,9-11H2,1-2H3. The molecule has 1 aromatic carbocycles. The lowest BCUT2D eigenvalue weighted by Gasteiger charge is -2.25. The Morgan fingerprint density at radius 3 is 2.83 bits per heavy atom. The van der Waals surface area contributed by atoms with E-state index in [1.54, 1.807) is 0 Å². The Morgan fingerprint density at radius 2 is 2.17 bits per heavy atom. The quantitative estimate of drug-likeness (QED) is 0.815. The molecule has 0 radical (unpaired) electrons. The molecule has 0 atom stereocenters. The Balaban J connectivity index is 1.69. The molecule has 1 fully saturated rings. The van der Waals surface area contributed by atoms with E-state index >= 15 is 0 Å². The van der Waals surface area contributed by atoms with E-state index in [1.807, 2.05) is 24.3 Å². The van der Waals surface area contributed by atoms with Crippen LogP contribution in [0.3, 0.4) is 0 Å². The molecule has 3 heteroatoms. The number of hydrogen-bond acceptors (Lipinski definition) is 2. The molecule has 0 saturated heterocycles. The number of hydrogen-bond donors (Lipinski definition) is 1. The van der Waals surface area contributed by atoms with Crippen molar-refractivity contribution < 1.29 is 4.74 Å². The van der Waals surface area contributed by atoms with E-state index in [0.717, 1.165) is 29.8 Å². The fourth-order valence-corrected chi connectivity index (χ4v) is 2.04. The second-order valence-corrected chi connectivity index (χ2v) is 6.38. The first-order chi connectivity index (χ1) is 8.55. The third kappa shape index (κ3) is 4.97. The maximum Gasteiger partial charge on any atom is 0.0717 e. The number of ether oxygens (including phenoxy) is 1. The number of nitrogens with one attached hydrogen (secondary N) is 1. The van der Waals surface area contributed by atoms with Crippen LogP contribution in [0.4, 0.5) is 0 Å². The summed E-state index contributed by atoms with van der Waals surface area (Å²) in [6.07, 6.45) is 2.67. The first-order valence-corrected chi connectivity index (χ1v) is 6.99. The van der Waals surface area contributed by atoms with Gasteiger partial charge in [-0.05, 0) is 30.5 Å². The van der Waals surface area contributed by atoms with E-state index in [4.69, 9.17) is 16.3 Å². The number of halogens is 1. The minimum Gasteiger partial charge on any atom is -0.376 e. The van der Waals surface area contributed by atoms with E-state index in [-0.39, 0.29) is 5.41 Å². The van der Waals surface area contributed by atoms with Crippen molar-refractivity contribution >= 4 is 11.6 Å². The zero-order chi connectivity index (χ0) is 13.0. The largest absolute Gasteiger partial charge is 0.376 e. The molecular formula is C15H22ClNO. The molecule has 18 heavy (non-hydrogen) atoms. The van der Waals surface area contributed by atoms with E-state index < -0.39 is 0 Å². The maximum absolute atomic E-state index is 5.94. The first kappa shape index (κ1) is 13.9. The highest BCUT2D eigenvalue weighted by atomic mass is 35.5. The fourth-order valence-electron chi connectivity index (χ4n) is 1.83. The second kappa shape index (κ2) is 6.05. The van der Waals surface area contributed by atoms with Crippen LogP contribution >= 0.6 is 11.6 Å². The average molecular weight is 268 g/mol. The molecule has 0 heterocycles. The van der Waals surface area contributed by atoms with Gasteiger partial charge in [0.25, 0.3) is 0 Å². The van der Waals surface area contributed by atoms with Gasteiger partial charge in [-0.3, -0.25) is 0 Å². The Hall–Kier alpha value is -0.570. The topological polar surface area (TPSA) is 21.3 Å². The molecule has 100 valence electrons. The van der Waals surface area contributed by atoms with Crippen molar-refractivity contribution in [1.29, 1.82) is 0 Å². The van der Waals surface area contributed by atoms with Crippen molar-refractivity contribution in [2.24, 2.45) is 5.41 Å². The Morgan fingerprint density at radius 1 is 1.39 bits per heavy atom. The molecule has 1 aromatic rings. The summed E-state index contributed by atoms with van der Waals surface area (Å²) in [5.74, 6) is 0. The molecule has 0 bridgehead atoms. The molecular weight excluding hydrogens is 246 g/mol. The lowest BCUT2D eigenvalue weighted by molar-refractivity contribution is 0.0511. The summed E-state index contributed by atoms with van der Waals surface area (Å²) in [5, 5.41) is 4.32. The van der Waals surface area contributed by atoms with Gasteiger partial charge in [-0.25, -0.2) is 0 Å². The van der Waals surface area contributed by atoms with Crippen LogP contribution < -0.4 is 5.32 Å². The van der Waals surface area contributed by atoms with Gasteiger partial charge in [0, 0.05) is 23.0 Å². The van der Waals surface area contributed by atoms with Gasteiger partial charge < -0.3 is 10.1 Å². The van der Waals surface area contributed by atoms with E-state index in [1.165, 1.54) is 12.8 Å². The van der Waals surface area contributed by atoms with Crippen molar-refractivity contribution in [1.82, 2.24) is 5.32 Å². The predicted molar refractivity (Wildman–Crippen MR) is 75.9 cm³/mol. The smallest absolute Gasteiger partial charge is 0.0717 e. The van der Waals surface area contributed by atoms with Crippen LogP contribution in [0.25, 0.3) is 0 Å². The summed E-state index contributed by atoms with van der Waals surface area (Å²) >= 11 is 5.94. The number of benzene rings is 1. The molecule has 0 aliphatic heterocycles. The lowest BCUT2D eigenvalue weighted by Crippen LogP contribution is -2.34. The van der Waals surface area contributed by atoms with Crippen molar-refractivity contribution in [3.8, 4) is 0 Å². The van der Waals surface area contributed by atoms with Gasteiger partial charge in [-0.1, -0.05) is 37.6 Å². The minimum atomic E-state index is 0.182. The van der Waals surface area contributed by atoms with Crippen LogP contribution in [0.1, 0.15) is 32.3 Å². The number of rotatable bonds is 7. The van der Waals surface area contributed by atoms with Crippen molar-refractivity contribution in [3.05, 3.63) is 34.9 Å². The fraction of sp³-hybridized carbons (Fsp3) is 0.600. The summed E-state index contributed by atoms with van der Waals surface area (Å²) in [7, 11) is 0. The summed E-state index contributed by atoms with van der Waals surface area (Å²) in [6.45, 7) is 6.89. The van der Waals surface area contributed by atoms with E-state index in [2.05, 4.69) is 19.2 Å². The van der Waals surface area contributed by atoms with Crippen LogP contribution in [0, 0.1) is 5.41 Å². The van der Waals surface area contributed by atoms with Gasteiger partial charge >= 0.3 is 0 Å². The maximum atomic E-state index is 5.94. The minimum absolute atomic E-state index is 0.182. The van der Waals surface area contributed by atoms with Crippen LogP contribution in [-0.2, 0) is 11.3 Å². The van der Waals surface area contributed by atoms with Crippen LogP contribution in [0.2, 0.25) is 5.02 Å². The molecule has 0 spiro atoms. The van der Waals surface area contributed by atoms with Crippen molar-refractivity contribution in [2.75, 3.05) is 13.2 Å². The van der Waals surface area contributed by atoms with Crippen molar-refractivity contribution in [2.45, 2.75) is 39.3 Å². The molecule has 2 rings (SSSR count). The third-order valence-corrected chi connectivity index (χ3v) is 3.33. The Bertz CT molecular complexity index is 388. The molecule has 1 N–H and O–H groups in total. The molecule has 1 aliphatic rings. The van der Waals surface area contributed by atoms with Gasteiger partial charge in [0.2, 0.25) is 0 Å². The molecule has 1 aliphatic carbocycles. The SMILES string of the molecule is CC(C)(CNC1CC1)COCc1cccc(Cl)c1. The molecule has 0 aromatic heterocycles. The van der Waals surface area contributed by atoms with Gasteiger partial charge in [-0.15, -0.1) is 0 Å². The summed E-state index contributed by atoms with van der Waals surface area (Å²) in [4.78, 5) is 0. The Kier molecular flexibility index (Phi) is 4.66. The van der Waals surface area contributed by atoms with Crippen LogP contribution in [0.15, 0.2) is 24.3 Å². The average Bonchev–Trinajstić information content (AvgIpc) is 3.10. The van der Waals surface area contributed by atoms with Crippen molar-refractivity contribution in [3.63, 3.8) is 0 Å². The molecule has 1 saturated carbocycles. The third-order valence-electron chi connectivity index (χ3n) is 3.10. The summed E-state index contributed by atoms with van der Waals surface area (Å²) in [5.41, 5.74) is 1.31. The van der Waals surface area contributed by atoms with Gasteiger partial charge in [0.1, 0.15) is 0 Å². The molecule has 2 nitrogen and oxygen atoms in total. The highest BCUT2D eigenvalue weighted by Gasteiger charge is 2.25. The highest BCUT2D eigenvalue weighted by molar-refractivity contribution is 6.30. The summed E-state index contributed by atoms with van der Waals surface area (Å²) < 4.78 is 5.79. The van der Waals surface area contributed by atoms with Gasteiger partial charge in [0.15, 0.2) is 0 Å². The second-order valence-electron chi connectivity index (χ2n) is 5.94. The molecule has 0 unspecified atom stereocenters. The van der Waals surface area contributed by atoms with E-state index in [0.29, 0.717) is 6.61 Å². The molecule has 0 amide bonds. The highest BCUT2D eigenvalue weighted by Crippen LogP contribution is 2.22. The van der Waals surface area contributed by atoms with E-state index in [9.17, 15) is 0 Å².